The molecule has 1 aromatic heterocycles. The van der Waals surface area contributed by atoms with E-state index in [0.29, 0.717) is 20.8 Å². The second-order valence-electron chi connectivity index (χ2n) is 6.14. The van der Waals surface area contributed by atoms with Gasteiger partial charge in [-0.25, -0.2) is 4.98 Å². The molecule has 0 saturated heterocycles. The summed E-state index contributed by atoms with van der Waals surface area (Å²) in [6.07, 6.45) is 0. The molecule has 2 aromatic carbocycles. The lowest BCUT2D eigenvalue weighted by atomic mass is 10.2. The van der Waals surface area contributed by atoms with Crippen LogP contribution >= 0.6 is 23.1 Å². The average Bonchev–Trinajstić information content (AvgIpc) is 3.14. The van der Waals surface area contributed by atoms with Crippen LogP contribution in [0.5, 0.6) is 5.75 Å². The number of rotatable bonds is 8. The topological polar surface area (TPSA) is 80.3 Å². The molecule has 0 unspecified atom stereocenters. The van der Waals surface area contributed by atoms with Crippen LogP contribution in [0.1, 0.15) is 5.56 Å². The Morgan fingerprint density at radius 2 is 1.79 bits per heavy atom. The number of carbonyl (C=O) groups excluding carboxylic acids is 2. The number of amides is 2. The third kappa shape index (κ3) is 6.07. The van der Waals surface area contributed by atoms with Crippen molar-refractivity contribution in [1.82, 2.24) is 10.3 Å². The molecule has 150 valence electrons. The Kier molecular flexibility index (Phi) is 7.26. The second kappa shape index (κ2) is 10.1. The van der Waals surface area contributed by atoms with Crippen molar-refractivity contribution in [3.05, 3.63) is 60.2 Å². The number of thioether (sulfide) groups is 1. The summed E-state index contributed by atoms with van der Waals surface area (Å²) in [4.78, 5) is 28.6. The van der Waals surface area contributed by atoms with Crippen LogP contribution in [-0.4, -0.2) is 36.2 Å². The fourth-order valence-electron chi connectivity index (χ4n) is 2.38. The number of hydrogen-bond donors (Lipinski definition) is 2. The zero-order chi connectivity index (χ0) is 20.6. The lowest BCUT2D eigenvalue weighted by Gasteiger charge is -2.07. The van der Waals surface area contributed by atoms with E-state index in [1.54, 1.807) is 7.05 Å². The van der Waals surface area contributed by atoms with E-state index in [0.717, 1.165) is 11.1 Å². The van der Waals surface area contributed by atoms with Crippen LogP contribution in [0.15, 0.2) is 58.9 Å². The van der Waals surface area contributed by atoms with Gasteiger partial charge in [0.15, 0.2) is 10.9 Å². The van der Waals surface area contributed by atoms with Gasteiger partial charge < -0.3 is 15.4 Å². The highest BCUT2D eigenvalue weighted by molar-refractivity contribution is 8.01. The Labute approximate surface area is 177 Å². The second-order valence-corrected chi connectivity index (χ2v) is 8.36. The zero-order valence-corrected chi connectivity index (χ0v) is 17.7. The summed E-state index contributed by atoms with van der Waals surface area (Å²) in [6, 6.07) is 17.1. The fourth-order valence-corrected chi connectivity index (χ4v) is 4.34. The van der Waals surface area contributed by atoms with Gasteiger partial charge in [0, 0.05) is 12.6 Å². The summed E-state index contributed by atoms with van der Waals surface area (Å²) < 4.78 is 6.27. The highest BCUT2D eigenvalue weighted by atomic mass is 32.2. The molecule has 0 fully saturated rings. The van der Waals surface area contributed by atoms with Gasteiger partial charge in [0.05, 0.1) is 5.75 Å². The van der Waals surface area contributed by atoms with Crippen molar-refractivity contribution in [2.45, 2.75) is 11.3 Å². The first kappa shape index (κ1) is 20.9. The molecule has 3 rings (SSSR count). The van der Waals surface area contributed by atoms with E-state index >= 15 is 0 Å². The summed E-state index contributed by atoms with van der Waals surface area (Å²) in [5, 5.41) is 6.11. The zero-order valence-electron chi connectivity index (χ0n) is 16.1. The van der Waals surface area contributed by atoms with E-state index in [9.17, 15) is 9.59 Å². The van der Waals surface area contributed by atoms with E-state index < -0.39 is 0 Å². The molecular formula is C21H21N3O3S2. The lowest BCUT2D eigenvalue weighted by molar-refractivity contribution is -0.118. The standard InChI is InChI=1S/C21H21N3O3S2/c1-14-8-10-16(11-9-14)27-12-17(25)23-20-19(15-6-4-3-5-7-15)24-21(29-20)28-13-18(26)22-2/h3-11H,12-13H2,1-2H3,(H,22,26)(H,23,25). The van der Waals surface area contributed by atoms with Crippen molar-refractivity contribution in [3.63, 3.8) is 0 Å². The predicted octanol–water partition coefficient (Wildman–Crippen LogP) is 3.97. The van der Waals surface area contributed by atoms with Crippen LogP contribution in [-0.2, 0) is 9.59 Å². The highest BCUT2D eigenvalue weighted by Gasteiger charge is 2.17. The van der Waals surface area contributed by atoms with E-state index in [1.165, 1.54) is 23.1 Å². The van der Waals surface area contributed by atoms with Gasteiger partial charge in [-0.05, 0) is 19.1 Å². The number of carbonyl (C=O) groups is 2. The number of nitrogens with zero attached hydrogens (tertiary/aromatic N) is 1. The van der Waals surface area contributed by atoms with E-state index in [2.05, 4.69) is 15.6 Å². The van der Waals surface area contributed by atoms with Crippen LogP contribution < -0.4 is 15.4 Å². The predicted molar refractivity (Wildman–Crippen MR) is 118 cm³/mol. The van der Waals surface area contributed by atoms with Crippen LogP contribution in [0.3, 0.4) is 0 Å². The van der Waals surface area contributed by atoms with Gasteiger partial charge in [-0.3, -0.25) is 9.59 Å². The SMILES string of the molecule is CNC(=O)CSc1nc(-c2ccccc2)c(NC(=O)COc2ccc(C)cc2)s1. The summed E-state index contributed by atoms with van der Waals surface area (Å²) in [6.45, 7) is 1.89. The Bertz CT molecular complexity index is 973. The van der Waals surface area contributed by atoms with Gasteiger partial charge in [-0.15, -0.1) is 0 Å². The minimum atomic E-state index is -0.269. The molecule has 1 heterocycles. The third-order valence-corrected chi connectivity index (χ3v) is 6.02. The van der Waals surface area contributed by atoms with Crippen molar-refractivity contribution >= 4 is 39.9 Å². The molecule has 29 heavy (non-hydrogen) atoms. The van der Waals surface area contributed by atoms with Crippen LogP contribution in [0, 0.1) is 6.92 Å². The maximum absolute atomic E-state index is 12.4. The molecule has 2 amide bonds. The maximum atomic E-state index is 12.4. The Balaban J connectivity index is 1.71. The summed E-state index contributed by atoms with van der Waals surface area (Å²) >= 11 is 2.68. The number of hydrogen-bond acceptors (Lipinski definition) is 6. The number of anilines is 1. The lowest BCUT2D eigenvalue weighted by Crippen LogP contribution is -2.20. The highest BCUT2D eigenvalue weighted by Crippen LogP contribution is 2.37. The van der Waals surface area contributed by atoms with Gasteiger partial charge in [-0.1, -0.05) is 71.1 Å². The minimum Gasteiger partial charge on any atom is -0.484 e. The molecule has 0 aliphatic rings. The van der Waals surface area contributed by atoms with Gasteiger partial charge in [-0.2, -0.15) is 0 Å². The number of nitrogens with one attached hydrogen (secondary N) is 2. The van der Waals surface area contributed by atoms with E-state index in [-0.39, 0.29) is 24.2 Å². The third-order valence-electron chi connectivity index (χ3n) is 3.90. The van der Waals surface area contributed by atoms with Crippen LogP contribution in [0.25, 0.3) is 11.3 Å². The molecule has 6 nitrogen and oxygen atoms in total. The molecule has 3 aromatic rings. The average molecular weight is 428 g/mol. The first-order valence-electron chi connectivity index (χ1n) is 8.94. The smallest absolute Gasteiger partial charge is 0.262 e. The first-order chi connectivity index (χ1) is 14.0. The van der Waals surface area contributed by atoms with Gasteiger partial charge in [0.25, 0.3) is 5.91 Å². The molecule has 0 bridgehead atoms. The Hall–Kier alpha value is -2.84. The number of aryl methyl sites for hydroxylation is 1. The maximum Gasteiger partial charge on any atom is 0.262 e. The number of ether oxygens (including phenoxy) is 1. The van der Waals surface area contributed by atoms with Crippen molar-refractivity contribution in [3.8, 4) is 17.0 Å². The number of thiazole rings is 1. The monoisotopic (exact) mass is 427 g/mol. The molecular weight excluding hydrogens is 406 g/mol. The molecule has 0 saturated carbocycles. The molecule has 8 heteroatoms. The summed E-state index contributed by atoms with van der Waals surface area (Å²) in [5.74, 6) is 0.556. The largest absolute Gasteiger partial charge is 0.484 e. The van der Waals surface area contributed by atoms with Gasteiger partial charge >= 0.3 is 0 Å². The fraction of sp³-hybridized carbons (Fsp3) is 0.190. The van der Waals surface area contributed by atoms with Gasteiger partial charge in [0.1, 0.15) is 16.4 Å². The molecule has 0 atom stereocenters. The van der Waals surface area contributed by atoms with Gasteiger partial charge in [0.2, 0.25) is 5.91 Å². The Morgan fingerprint density at radius 3 is 2.48 bits per heavy atom. The molecule has 0 radical (unpaired) electrons. The molecule has 0 spiro atoms. The number of aromatic nitrogens is 1. The summed E-state index contributed by atoms with van der Waals surface area (Å²) in [5.41, 5.74) is 2.70. The van der Waals surface area contributed by atoms with Crippen molar-refractivity contribution in [2.24, 2.45) is 0 Å². The summed E-state index contributed by atoms with van der Waals surface area (Å²) in [7, 11) is 1.60. The number of benzene rings is 2. The van der Waals surface area contributed by atoms with Crippen molar-refractivity contribution in [2.75, 3.05) is 24.7 Å². The van der Waals surface area contributed by atoms with Crippen LogP contribution in [0.4, 0.5) is 5.00 Å². The normalized spacial score (nSPS) is 10.4. The first-order valence-corrected chi connectivity index (χ1v) is 10.7. The van der Waals surface area contributed by atoms with Crippen molar-refractivity contribution < 1.29 is 14.3 Å². The Morgan fingerprint density at radius 1 is 1.07 bits per heavy atom. The van der Waals surface area contributed by atoms with Crippen molar-refractivity contribution in [1.29, 1.82) is 0 Å². The molecule has 0 aliphatic carbocycles. The molecule has 0 aliphatic heterocycles. The van der Waals surface area contributed by atoms with E-state index in [4.69, 9.17) is 4.74 Å². The molecule has 2 N–H and O–H groups in total. The minimum absolute atomic E-state index is 0.0801. The van der Waals surface area contributed by atoms with E-state index in [1.807, 2.05) is 61.5 Å². The van der Waals surface area contributed by atoms with Crippen LogP contribution in [0.2, 0.25) is 0 Å². The quantitative estimate of drug-likeness (QED) is 0.532.